The molecule has 0 unspecified atom stereocenters. The number of hydrogen-bond acceptors (Lipinski definition) is 9. The molecule has 0 rings (SSSR count). The van der Waals surface area contributed by atoms with E-state index < -0.39 is 66.9 Å². The Hall–Kier alpha value is -2.42. The van der Waals surface area contributed by atoms with Crippen molar-refractivity contribution in [1.82, 2.24) is 21.3 Å². The molecular weight excluding hydrogens is 456 g/mol. The molecule has 0 heterocycles. The monoisotopic (exact) mass is 492 g/mol. The molecular formula is C19H36N6O7S. The van der Waals surface area contributed by atoms with Crippen LogP contribution >= 0.6 is 11.8 Å². The summed E-state index contributed by atoms with van der Waals surface area (Å²) in [5.74, 6) is -3.34. The minimum atomic E-state index is -1.22. The molecule has 4 amide bonds. The van der Waals surface area contributed by atoms with Gasteiger partial charge in [-0.05, 0) is 51.2 Å². The van der Waals surface area contributed by atoms with Gasteiger partial charge in [0.25, 0.3) is 0 Å². The number of unbranched alkanes of at least 4 members (excludes halogenated alkanes) is 1. The maximum atomic E-state index is 12.7. The molecule has 0 aromatic heterocycles. The Bertz CT molecular complexity index is 667. The minimum absolute atomic E-state index is 0.245. The van der Waals surface area contributed by atoms with E-state index in [1.165, 1.54) is 18.7 Å². The van der Waals surface area contributed by atoms with Crippen molar-refractivity contribution in [2.45, 2.75) is 56.8 Å². The molecule has 0 saturated heterocycles. The van der Waals surface area contributed by atoms with E-state index in [0.29, 0.717) is 25.1 Å². The molecule has 10 N–H and O–H groups in total. The summed E-state index contributed by atoms with van der Waals surface area (Å²) in [5, 5.41) is 27.4. The number of aliphatic hydroxyl groups excluding tert-OH is 1. The summed E-state index contributed by atoms with van der Waals surface area (Å²) in [6, 6.07) is -4.23. The maximum Gasteiger partial charge on any atom is 0.322 e. The molecule has 0 fully saturated rings. The third kappa shape index (κ3) is 13.0. The molecule has 0 aliphatic carbocycles. The second-order valence-electron chi connectivity index (χ2n) is 7.32. The fourth-order valence-electron chi connectivity index (χ4n) is 2.59. The van der Waals surface area contributed by atoms with E-state index in [4.69, 9.17) is 21.7 Å². The Labute approximate surface area is 197 Å². The van der Waals surface area contributed by atoms with E-state index in [-0.39, 0.29) is 12.8 Å². The fraction of sp³-hybridized carbons (Fsp3) is 0.737. The summed E-state index contributed by atoms with van der Waals surface area (Å²) in [7, 11) is 0. The first-order chi connectivity index (χ1) is 15.6. The quantitative estimate of drug-likeness (QED) is 0.0952. The van der Waals surface area contributed by atoms with E-state index in [2.05, 4.69) is 21.3 Å². The van der Waals surface area contributed by atoms with Gasteiger partial charge in [-0.2, -0.15) is 11.8 Å². The number of carbonyl (C=O) groups is 5. The maximum absolute atomic E-state index is 12.7. The Morgan fingerprint density at radius 3 is 2.06 bits per heavy atom. The zero-order chi connectivity index (χ0) is 25.4. The fourth-order valence-corrected chi connectivity index (χ4v) is 3.06. The highest BCUT2D eigenvalue weighted by molar-refractivity contribution is 7.98. The van der Waals surface area contributed by atoms with Crippen molar-refractivity contribution < 1.29 is 34.2 Å². The van der Waals surface area contributed by atoms with Gasteiger partial charge in [-0.25, -0.2) is 0 Å². The minimum Gasteiger partial charge on any atom is -0.480 e. The summed E-state index contributed by atoms with van der Waals surface area (Å²) in [6.45, 7) is 0.630. The molecule has 0 saturated carbocycles. The normalized spacial score (nSPS) is 14.3. The highest BCUT2D eigenvalue weighted by Crippen LogP contribution is 2.04. The predicted molar refractivity (Wildman–Crippen MR) is 123 cm³/mol. The predicted octanol–water partition coefficient (Wildman–Crippen LogP) is -3.14. The number of hydrogen-bond donors (Lipinski definition) is 8. The molecule has 14 heteroatoms. The van der Waals surface area contributed by atoms with E-state index in [0.717, 1.165) is 0 Å². The Kier molecular flexibility index (Phi) is 15.9. The van der Waals surface area contributed by atoms with Gasteiger partial charge in [-0.15, -0.1) is 0 Å². The molecule has 13 nitrogen and oxygen atoms in total. The van der Waals surface area contributed by atoms with Gasteiger partial charge in [0.05, 0.1) is 6.61 Å². The summed E-state index contributed by atoms with van der Waals surface area (Å²) in [6.07, 6.45) is 3.47. The average molecular weight is 493 g/mol. The molecule has 0 bridgehead atoms. The first-order valence-corrected chi connectivity index (χ1v) is 11.9. The Morgan fingerprint density at radius 2 is 1.52 bits per heavy atom. The molecule has 0 radical (unpaired) electrons. The third-order valence-corrected chi connectivity index (χ3v) is 5.17. The number of carboxylic acids is 1. The number of amides is 4. The highest BCUT2D eigenvalue weighted by Gasteiger charge is 2.28. The van der Waals surface area contributed by atoms with E-state index in [9.17, 15) is 24.0 Å². The van der Waals surface area contributed by atoms with Crippen molar-refractivity contribution in [3.05, 3.63) is 0 Å². The topological polar surface area (TPSA) is 226 Å². The Morgan fingerprint density at radius 1 is 0.909 bits per heavy atom. The van der Waals surface area contributed by atoms with E-state index in [1.807, 2.05) is 6.26 Å². The Balaban J connectivity index is 5.11. The van der Waals surface area contributed by atoms with Gasteiger partial charge in [0.15, 0.2) is 0 Å². The summed E-state index contributed by atoms with van der Waals surface area (Å²) in [5.41, 5.74) is 10.9. The van der Waals surface area contributed by atoms with Gasteiger partial charge in [0.2, 0.25) is 23.6 Å². The van der Waals surface area contributed by atoms with Crippen LogP contribution in [0.2, 0.25) is 0 Å². The van der Waals surface area contributed by atoms with Crippen molar-refractivity contribution in [3.8, 4) is 0 Å². The van der Waals surface area contributed by atoms with Gasteiger partial charge in [-0.1, -0.05) is 0 Å². The summed E-state index contributed by atoms with van der Waals surface area (Å²) in [4.78, 5) is 60.2. The second kappa shape index (κ2) is 17.1. The molecule has 0 aromatic rings. The van der Waals surface area contributed by atoms with Gasteiger partial charge < -0.3 is 42.9 Å². The number of carbonyl (C=O) groups excluding carboxylic acids is 4. The largest absolute Gasteiger partial charge is 0.480 e. The van der Waals surface area contributed by atoms with Crippen molar-refractivity contribution in [2.24, 2.45) is 11.5 Å². The van der Waals surface area contributed by atoms with Crippen LogP contribution in [0.4, 0.5) is 0 Å². The number of rotatable bonds is 17. The zero-order valence-electron chi connectivity index (χ0n) is 19.0. The van der Waals surface area contributed by atoms with Crippen molar-refractivity contribution in [1.29, 1.82) is 0 Å². The van der Waals surface area contributed by atoms with Crippen LogP contribution in [0.25, 0.3) is 0 Å². The van der Waals surface area contributed by atoms with E-state index in [1.54, 1.807) is 0 Å². The van der Waals surface area contributed by atoms with Crippen LogP contribution < -0.4 is 32.7 Å². The number of nitrogens with one attached hydrogen (secondary N) is 4. The smallest absolute Gasteiger partial charge is 0.322 e. The lowest BCUT2D eigenvalue weighted by Crippen LogP contribution is -2.57. The van der Waals surface area contributed by atoms with Crippen LogP contribution in [0.1, 0.15) is 32.6 Å². The first-order valence-electron chi connectivity index (χ1n) is 10.5. The lowest BCUT2D eigenvalue weighted by atomic mass is 10.1. The van der Waals surface area contributed by atoms with Crippen LogP contribution in [-0.4, -0.2) is 95.7 Å². The number of aliphatic carboxylic acids is 1. The van der Waals surface area contributed by atoms with Crippen LogP contribution in [0, 0.1) is 0 Å². The van der Waals surface area contributed by atoms with Crippen LogP contribution in [-0.2, 0) is 24.0 Å². The van der Waals surface area contributed by atoms with Crippen molar-refractivity contribution in [2.75, 3.05) is 31.7 Å². The van der Waals surface area contributed by atoms with Crippen LogP contribution in [0.15, 0.2) is 0 Å². The second-order valence-corrected chi connectivity index (χ2v) is 8.30. The molecule has 33 heavy (non-hydrogen) atoms. The molecule has 0 aromatic carbocycles. The number of nitrogens with two attached hydrogens (primary N) is 2. The number of aliphatic hydroxyl groups is 1. The SMILES string of the molecule is CSCC[C@H](NC(=O)[C@H](C)NC(=O)[C@H](CCCCN)NC(=O)[C@@H](N)CO)C(=O)NCC(=O)O. The molecule has 0 aliphatic heterocycles. The van der Waals surface area contributed by atoms with Crippen LogP contribution in [0.3, 0.4) is 0 Å². The van der Waals surface area contributed by atoms with Gasteiger partial charge in [0, 0.05) is 0 Å². The number of thioether (sulfide) groups is 1. The zero-order valence-corrected chi connectivity index (χ0v) is 19.8. The van der Waals surface area contributed by atoms with E-state index >= 15 is 0 Å². The lowest BCUT2D eigenvalue weighted by Gasteiger charge is -2.24. The lowest BCUT2D eigenvalue weighted by molar-refractivity contribution is -0.138. The van der Waals surface area contributed by atoms with Crippen molar-refractivity contribution >= 4 is 41.4 Å². The summed E-state index contributed by atoms with van der Waals surface area (Å²) < 4.78 is 0. The van der Waals surface area contributed by atoms with Gasteiger partial charge in [0.1, 0.15) is 30.7 Å². The molecule has 0 spiro atoms. The standard InChI is InChI=1S/C19H36N6O7S/c1-11(16(29)24-14(6-8-33-2)18(31)22-9-15(27)28)23-19(32)13(5-3-4-7-20)25-17(30)12(21)10-26/h11-14,26H,3-10,20-21H2,1-2H3,(H,22,31)(H,23,32)(H,24,29)(H,25,30)(H,27,28)/t11-,12-,13-,14-/m0/s1. The van der Waals surface area contributed by atoms with Gasteiger partial charge in [-0.3, -0.25) is 24.0 Å². The summed E-state index contributed by atoms with van der Waals surface area (Å²) >= 11 is 1.45. The highest BCUT2D eigenvalue weighted by atomic mass is 32.2. The number of carboxylic acid groups (broad SMARTS) is 1. The first kappa shape index (κ1) is 30.6. The molecule has 0 aliphatic rings. The van der Waals surface area contributed by atoms with Crippen LogP contribution in [0.5, 0.6) is 0 Å². The molecule has 4 atom stereocenters. The average Bonchev–Trinajstić information content (AvgIpc) is 2.78. The van der Waals surface area contributed by atoms with Crippen molar-refractivity contribution in [3.63, 3.8) is 0 Å². The third-order valence-electron chi connectivity index (χ3n) is 4.52. The van der Waals surface area contributed by atoms with Gasteiger partial charge >= 0.3 is 5.97 Å². The molecule has 190 valence electrons.